The number of benzene rings is 2. The largest absolute Gasteiger partial charge is 0.341 e. The highest BCUT2D eigenvalue weighted by Crippen LogP contribution is 2.25. The van der Waals surface area contributed by atoms with Crippen LogP contribution in [0.2, 0.25) is 0 Å². The van der Waals surface area contributed by atoms with E-state index >= 15 is 0 Å². The van der Waals surface area contributed by atoms with Crippen LogP contribution >= 0.6 is 0 Å². The van der Waals surface area contributed by atoms with Crippen LogP contribution < -0.4 is 4.90 Å². The number of amides is 2. The molecule has 0 aromatic heterocycles. The Morgan fingerprint density at radius 3 is 1.44 bits per heavy atom. The molecule has 2 aromatic carbocycles. The number of hydrogen-bond acceptors (Lipinski definition) is 2. The van der Waals surface area contributed by atoms with Crippen LogP contribution in [0.1, 0.15) is 106 Å². The van der Waals surface area contributed by atoms with Crippen molar-refractivity contribution in [3.05, 3.63) is 65.2 Å². The van der Waals surface area contributed by atoms with E-state index in [-0.39, 0.29) is 11.8 Å². The van der Waals surface area contributed by atoms with Gasteiger partial charge in [-0.3, -0.25) is 9.59 Å². The topological polar surface area (TPSA) is 40.6 Å². The minimum atomic E-state index is 0.216. The second kappa shape index (κ2) is 28.6. The molecule has 0 radical (unpaired) electrons. The Hall–Kier alpha value is -2.62. The summed E-state index contributed by atoms with van der Waals surface area (Å²) in [4.78, 5) is 26.1. The molecule has 0 aliphatic carbocycles. The molecule has 0 atom stereocenters. The molecule has 2 heterocycles. The van der Waals surface area contributed by atoms with E-state index in [2.05, 4.69) is 12.1 Å². The Morgan fingerprint density at radius 1 is 0.528 bits per heavy atom. The van der Waals surface area contributed by atoms with Crippen molar-refractivity contribution in [3.63, 3.8) is 0 Å². The maximum Gasteiger partial charge on any atom is 0.227 e. The summed E-state index contributed by atoms with van der Waals surface area (Å²) < 4.78 is 0. The first-order valence-corrected chi connectivity index (χ1v) is 14.2. The second-order valence-corrected chi connectivity index (χ2v) is 6.28. The Kier molecular flexibility index (Phi) is 32.2. The Morgan fingerprint density at radius 2 is 0.944 bits per heavy atom. The summed E-state index contributed by atoms with van der Waals surface area (Å²) in [6.45, 7) is 24.8. The number of anilines is 1. The summed E-state index contributed by atoms with van der Waals surface area (Å²) in [6, 6.07) is 16.2. The van der Waals surface area contributed by atoms with E-state index < -0.39 is 0 Å². The van der Waals surface area contributed by atoms with E-state index in [1.807, 2.05) is 134 Å². The standard InChI is InChI=1S/2C10H11NO.6C2H6/c1-11-7-9-5-3-2-4-8(9)6-10(11)12;1-11-9-5-3-2-4-8(9)6-7-10(11)12;6*1-2/h2*2-5H,6-7H2,1H3;6*1-2H3. The van der Waals surface area contributed by atoms with E-state index in [0.717, 1.165) is 18.7 Å². The van der Waals surface area contributed by atoms with Crippen molar-refractivity contribution >= 4 is 17.5 Å². The molecule has 208 valence electrons. The summed E-state index contributed by atoms with van der Waals surface area (Å²) in [5, 5.41) is 0. The van der Waals surface area contributed by atoms with Crippen LogP contribution in [-0.4, -0.2) is 30.8 Å². The number of hydrogen-bond donors (Lipinski definition) is 0. The third-order valence-electron chi connectivity index (χ3n) is 4.63. The van der Waals surface area contributed by atoms with E-state index in [1.54, 1.807) is 9.80 Å². The van der Waals surface area contributed by atoms with Gasteiger partial charge in [-0.25, -0.2) is 0 Å². The van der Waals surface area contributed by atoms with E-state index in [4.69, 9.17) is 0 Å². The zero-order valence-electron chi connectivity index (χ0n) is 26.2. The number of rotatable bonds is 0. The molecule has 4 heteroatoms. The monoisotopic (exact) mass is 502 g/mol. The van der Waals surface area contributed by atoms with Gasteiger partial charge in [-0.2, -0.15) is 0 Å². The molecule has 0 spiro atoms. The molecule has 2 aromatic rings. The van der Waals surface area contributed by atoms with Gasteiger partial charge in [0.25, 0.3) is 0 Å². The van der Waals surface area contributed by atoms with Crippen LogP contribution in [0.25, 0.3) is 0 Å². The first-order valence-electron chi connectivity index (χ1n) is 14.2. The van der Waals surface area contributed by atoms with Gasteiger partial charge in [0.2, 0.25) is 11.8 Å². The molecule has 0 N–H and O–H groups in total. The average Bonchev–Trinajstić information content (AvgIpc) is 2.98. The van der Waals surface area contributed by atoms with Crippen LogP contribution in [0.5, 0.6) is 0 Å². The lowest BCUT2D eigenvalue weighted by atomic mass is 10.00. The van der Waals surface area contributed by atoms with Crippen LogP contribution in [0.3, 0.4) is 0 Å². The highest BCUT2D eigenvalue weighted by atomic mass is 16.2. The maximum absolute atomic E-state index is 11.3. The molecule has 0 fully saturated rings. The molecule has 0 saturated carbocycles. The third-order valence-corrected chi connectivity index (χ3v) is 4.63. The number of likely N-dealkylation sites (N-methyl/N-ethyl adjacent to an activating group) is 1. The van der Waals surface area contributed by atoms with Gasteiger partial charge in [0, 0.05) is 32.7 Å². The summed E-state index contributed by atoms with van der Waals surface area (Å²) in [7, 11) is 3.68. The fraction of sp³-hybridized carbons (Fsp3) is 0.562. The van der Waals surface area contributed by atoms with Gasteiger partial charge >= 0.3 is 0 Å². The SMILES string of the molecule is CC.CC.CC.CC.CC.CC.CN1C(=O)CCc2ccccc21.CN1Cc2ccccc2CC1=O. The lowest BCUT2D eigenvalue weighted by molar-refractivity contribution is -0.130. The van der Waals surface area contributed by atoms with Gasteiger partial charge in [0.1, 0.15) is 0 Å². The van der Waals surface area contributed by atoms with Gasteiger partial charge in [-0.1, -0.05) is 126 Å². The van der Waals surface area contributed by atoms with Crippen molar-refractivity contribution in [1.82, 2.24) is 4.90 Å². The first kappa shape index (κ1) is 40.5. The van der Waals surface area contributed by atoms with E-state index in [9.17, 15) is 9.59 Å². The van der Waals surface area contributed by atoms with Crippen LogP contribution in [0, 0.1) is 0 Å². The molecule has 4 rings (SSSR count). The van der Waals surface area contributed by atoms with Gasteiger partial charge < -0.3 is 9.80 Å². The summed E-state index contributed by atoms with van der Waals surface area (Å²) in [5.41, 5.74) is 4.80. The zero-order chi connectivity index (χ0) is 29.1. The zero-order valence-corrected chi connectivity index (χ0v) is 26.2. The Labute approximate surface area is 225 Å². The predicted molar refractivity (Wildman–Crippen MR) is 163 cm³/mol. The molecule has 0 saturated heterocycles. The number of carbonyl (C=O) groups is 2. The van der Waals surface area contributed by atoms with Gasteiger partial charge in [-0.15, -0.1) is 0 Å². The lowest BCUT2D eigenvalue weighted by Gasteiger charge is -2.25. The van der Waals surface area contributed by atoms with Crippen molar-refractivity contribution in [2.75, 3.05) is 19.0 Å². The number of para-hydroxylation sites is 1. The number of fused-ring (bicyclic) bond motifs is 2. The predicted octanol–water partition coefficient (Wildman–Crippen LogP) is 8.95. The molecule has 36 heavy (non-hydrogen) atoms. The average molecular weight is 503 g/mol. The van der Waals surface area contributed by atoms with E-state index in [0.29, 0.717) is 12.8 Å². The molecule has 0 bridgehead atoms. The molecule has 2 amide bonds. The fourth-order valence-corrected chi connectivity index (χ4v) is 3.12. The van der Waals surface area contributed by atoms with Crippen LogP contribution in [-0.2, 0) is 29.0 Å². The van der Waals surface area contributed by atoms with Crippen molar-refractivity contribution in [3.8, 4) is 0 Å². The van der Waals surface area contributed by atoms with Crippen LogP contribution in [0.15, 0.2) is 48.5 Å². The normalized spacial score (nSPS) is 11.7. The first-order chi connectivity index (χ1) is 17.6. The third kappa shape index (κ3) is 14.7. The fourth-order valence-electron chi connectivity index (χ4n) is 3.12. The Balaban J connectivity index is -0.000000202. The lowest BCUT2D eigenvalue weighted by Crippen LogP contribution is -2.32. The second-order valence-electron chi connectivity index (χ2n) is 6.28. The molecule has 2 aliphatic heterocycles. The van der Waals surface area contributed by atoms with Gasteiger partial charge in [-0.05, 0) is 29.2 Å². The number of carbonyl (C=O) groups excluding carboxylic acids is 2. The summed E-state index contributed by atoms with van der Waals surface area (Å²) in [6.07, 6.45) is 2.10. The molecule has 2 aliphatic rings. The molecular formula is C32H58N2O2. The highest BCUT2D eigenvalue weighted by molar-refractivity contribution is 5.95. The minimum absolute atomic E-state index is 0.216. The quantitative estimate of drug-likeness (QED) is 0.361. The van der Waals surface area contributed by atoms with Crippen molar-refractivity contribution < 1.29 is 9.59 Å². The summed E-state index contributed by atoms with van der Waals surface area (Å²) >= 11 is 0. The van der Waals surface area contributed by atoms with Gasteiger partial charge in [0.05, 0.1) is 6.42 Å². The summed E-state index contributed by atoms with van der Waals surface area (Å²) in [5.74, 6) is 0.433. The molecular weight excluding hydrogens is 444 g/mol. The maximum atomic E-state index is 11.3. The number of aryl methyl sites for hydroxylation is 1. The van der Waals surface area contributed by atoms with Crippen molar-refractivity contribution in [2.45, 2.75) is 109 Å². The van der Waals surface area contributed by atoms with Crippen LogP contribution in [0.4, 0.5) is 5.69 Å². The number of nitrogens with zero attached hydrogens (tertiary/aromatic N) is 2. The highest BCUT2D eigenvalue weighted by Gasteiger charge is 2.19. The Bertz CT molecular complexity index is 770. The minimum Gasteiger partial charge on any atom is -0.341 e. The molecule has 0 unspecified atom stereocenters. The van der Waals surface area contributed by atoms with Crippen molar-refractivity contribution in [1.29, 1.82) is 0 Å². The van der Waals surface area contributed by atoms with E-state index in [1.165, 1.54) is 16.7 Å². The van der Waals surface area contributed by atoms with Crippen molar-refractivity contribution in [2.24, 2.45) is 0 Å². The van der Waals surface area contributed by atoms with Gasteiger partial charge in [0.15, 0.2) is 0 Å². The molecule has 4 nitrogen and oxygen atoms in total. The smallest absolute Gasteiger partial charge is 0.227 e.